The molecule has 2 aromatic carbocycles. The topological polar surface area (TPSA) is 91.8 Å². The highest BCUT2D eigenvalue weighted by molar-refractivity contribution is 6.08. The average Bonchev–Trinajstić information content (AvgIpc) is 2.68. The molecule has 0 unspecified atom stereocenters. The molecular formula is C20H22N4O3. The third kappa shape index (κ3) is 5.31. The van der Waals surface area contributed by atoms with Crippen molar-refractivity contribution in [3.63, 3.8) is 0 Å². The minimum atomic E-state index is -0.757. The number of guanidine groups is 1. The van der Waals surface area contributed by atoms with E-state index >= 15 is 0 Å². The van der Waals surface area contributed by atoms with Crippen LogP contribution in [0, 0.1) is 0 Å². The first-order valence-corrected chi connectivity index (χ1v) is 8.83. The number of benzene rings is 2. The van der Waals surface area contributed by atoms with Crippen molar-refractivity contribution in [1.29, 1.82) is 0 Å². The fourth-order valence-corrected chi connectivity index (χ4v) is 2.65. The highest BCUT2D eigenvalue weighted by atomic mass is 16.5. The number of hydrogen-bond acceptors (Lipinski definition) is 5. The van der Waals surface area contributed by atoms with Gasteiger partial charge in [-0.2, -0.15) is 0 Å². The molecule has 1 heterocycles. The molecule has 140 valence electrons. The van der Waals surface area contributed by atoms with Crippen molar-refractivity contribution in [2.24, 2.45) is 4.99 Å². The maximum atomic E-state index is 12.4. The number of amides is 2. The van der Waals surface area contributed by atoms with Crippen molar-refractivity contribution in [1.82, 2.24) is 10.6 Å². The Labute approximate surface area is 157 Å². The number of ether oxygens (including phenoxy) is 1. The molecule has 1 aliphatic heterocycles. The molecule has 0 spiro atoms. The molecule has 0 saturated carbocycles. The molecule has 7 nitrogen and oxygen atoms in total. The lowest BCUT2D eigenvalue weighted by molar-refractivity contribution is -0.127. The number of carbonyl (C=O) groups is 2. The highest BCUT2D eigenvalue weighted by Gasteiger charge is 2.26. The van der Waals surface area contributed by atoms with Crippen LogP contribution in [0.15, 0.2) is 59.6 Å². The lowest BCUT2D eigenvalue weighted by Gasteiger charge is -2.21. The molecule has 1 atom stereocenters. The SMILES string of the molecule is CCOc1ccc(NC2=N[C@H](C(=O)NCc3ccccc3)CC(=O)N2)cc1. The Bertz CT molecular complexity index is 819. The Morgan fingerprint density at radius 2 is 1.93 bits per heavy atom. The summed E-state index contributed by atoms with van der Waals surface area (Å²) in [4.78, 5) is 28.7. The maximum Gasteiger partial charge on any atom is 0.245 e. The van der Waals surface area contributed by atoms with Gasteiger partial charge in [-0.15, -0.1) is 0 Å². The zero-order chi connectivity index (χ0) is 19.1. The summed E-state index contributed by atoms with van der Waals surface area (Å²) in [7, 11) is 0. The van der Waals surface area contributed by atoms with E-state index in [0.29, 0.717) is 13.2 Å². The predicted molar refractivity (Wildman–Crippen MR) is 104 cm³/mol. The van der Waals surface area contributed by atoms with Crippen molar-refractivity contribution in [2.75, 3.05) is 11.9 Å². The van der Waals surface area contributed by atoms with Crippen molar-refractivity contribution in [3.05, 3.63) is 60.2 Å². The monoisotopic (exact) mass is 366 g/mol. The average molecular weight is 366 g/mol. The Hall–Kier alpha value is -3.35. The van der Waals surface area contributed by atoms with Gasteiger partial charge in [0.1, 0.15) is 11.8 Å². The van der Waals surface area contributed by atoms with Crippen LogP contribution in [-0.4, -0.2) is 30.4 Å². The molecular weight excluding hydrogens is 344 g/mol. The summed E-state index contributed by atoms with van der Waals surface area (Å²) < 4.78 is 5.40. The smallest absolute Gasteiger partial charge is 0.245 e. The first kappa shape index (κ1) is 18.4. The third-order valence-electron chi connectivity index (χ3n) is 3.96. The summed E-state index contributed by atoms with van der Waals surface area (Å²) in [5.41, 5.74) is 1.73. The van der Waals surface area contributed by atoms with Crippen LogP contribution in [0.1, 0.15) is 18.9 Å². The van der Waals surface area contributed by atoms with Gasteiger partial charge in [0.25, 0.3) is 0 Å². The Morgan fingerprint density at radius 3 is 2.63 bits per heavy atom. The van der Waals surface area contributed by atoms with E-state index in [9.17, 15) is 9.59 Å². The van der Waals surface area contributed by atoms with Crippen molar-refractivity contribution < 1.29 is 14.3 Å². The van der Waals surface area contributed by atoms with E-state index < -0.39 is 6.04 Å². The van der Waals surface area contributed by atoms with Crippen LogP contribution < -0.4 is 20.7 Å². The first-order valence-electron chi connectivity index (χ1n) is 8.83. The van der Waals surface area contributed by atoms with Crippen molar-refractivity contribution in [3.8, 4) is 5.75 Å². The summed E-state index contributed by atoms with van der Waals surface area (Å²) in [6, 6.07) is 16.1. The number of nitrogens with zero attached hydrogens (tertiary/aromatic N) is 1. The van der Waals surface area contributed by atoms with E-state index in [-0.39, 0.29) is 24.2 Å². The second-order valence-corrected chi connectivity index (χ2v) is 6.03. The molecule has 0 bridgehead atoms. The molecule has 0 saturated heterocycles. The number of hydrogen-bond donors (Lipinski definition) is 3. The highest BCUT2D eigenvalue weighted by Crippen LogP contribution is 2.16. The molecule has 1 aliphatic rings. The van der Waals surface area contributed by atoms with E-state index in [1.807, 2.05) is 61.5 Å². The fourth-order valence-electron chi connectivity index (χ4n) is 2.65. The summed E-state index contributed by atoms with van der Waals surface area (Å²) >= 11 is 0. The van der Waals surface area contributed by atoms with Gasteiger partial charge in [-0.25, -0.2) is 4.99 Å². The number of nitrogens with one attached hydrogen (secondary N) is 3. The van der Waals surface area contributed by atoms with Gasteiger partial charge < -0.3 is 15.4 Å². The van der Waals surface area contributed by atoms with Crippen LogP contribution in [-0.2, 0) is 16.1 Å². The molecule has 2 aromatic rings. The first-order chi connectivity index (χ1) is 13.1. The molecule has 2 amide bonds. The lowest BCUT2D eigenvalue weighted by Crippen LogP contribution is -2.47. The minimum absolute atomic E-state index is 0.0229. The van der Waals surface area contributed by atoms with Crippen molar-refractivity contribution in [2.45, 2.75) is 25.9 Å². The van der Waals surface area contributed by atoms with Gasteiger partial charge in [-0.3, -0.25) is 14.9 Å². The van der Waals surface area contributed by atoms with Gasteiger partial charge in [0, 0.05) is 12.2 Å². The van der Waals surface area contributed by atoms with Gasteiger partial charge >= 0.3 is 0 Å². The largest absolute Gasteiger partial charge is 0.494 e. The van der Waals surface area contributed by atoms with E-state index in [1.165, 1.54) is 0 Å². The summed E-state index contributed by atoms with van der Waals surface area (Å²) in [6.45, 7) is 2.91. The zero-order valence-corrected chi connectivity index (χ0v) is 15.1. The van der Waals surface area contributed by atoms with Gasteiger partial charge in [0.15, 0.2) is 0 Å². The second-order valence-electron chi connectivity index (χ2n) is 6.03. The van der Waals surface area contributed by atoms with Crippen LogP contribution in [0.2, 0.25) is 0 Å². The number of anilines is 1. The Balaban J connectivity index is 1.62. The van der Waals surface area contributed by atoms with E-state index in [0.717, 1.165) is 17.0 Å². The molecule has 0 radical (unpaired) electrons. The lowest BCUT2D eigenvalue weighted by atomic mass is 10.1. The number of carbonyl (C=O) groups excluding carboxylic acids is 2. The van der Waals surface area contributed by atoms with Gasteiger partial charge in [0.05, 0.1) is 13.0 Å². The quantitative estimate of drug-likeness (QED) is 0.730. The third-order valence-corrected chi connectivity index (χ3v) is 3.96. The predicted octanol–water partition coefficient (Wildman–Crippen LogP) is 2.06. The van der Waals surface area contributed by atoms with Crippen LogP contribution in [0.5, 0.6) is 5.75 Å². The van der Waals surface area contributed by atoms with Gasteiger partial charge in [0.2, 0.25) is 17.8 Å². The standard InChI is InChI=1S/C20H22N4O3/c1-2-27-16-10-8-15(9-11-16)22-20-23-17(12-18(25)24-20)19(26)21-13-14-6-4-3-5-7-14/h3-11,17H,2,12-13H2,1H3,(H,21,26)(H2,22,23,24,25)/t17-/m0/s1. The fraction of sp³-hybridized carbons (Fsp3) is 0.250. The van der Waals surface area contributed by atoms with E-state index in [1.54, 1.807) is 0 Å². The van der Waals surface area contributed by atoms with Gasteiger partial charge in [-0.05, 0) is 36.8 Å². The Morgan fingerprint density at radius 1 is 1.19 bits per heavy atom. The summed E-state index contributed by atoms with van der Waals surface area (Å²) in [5.74, 6) is 0.490. The molecule has 7 heteroatoms. The maximum absolute atomic E-state index is 12.4. The molecule has 27 heavy (non-hydrogen) atoms. The van der Waals surface area contributed by atoms with Crippen LogP contribution >= 0.6 is 0 Å². The zero-order valence-electron chi connectivity index (χ0n) is 15.1. The number of rotatable bonds is 6. The molecule has 0 aliphatic carbocycles. The van der Waals surface area contributed by atoms with E-state index in [2.05, 4.69) is 20.9 Å². The van der Waals surface area contributed by atoms with Crippen LogP contribution in [0.25, 0.3) is 0 Å². The summed E-state index contributed by atoms with van der Waals surface area (Å²) in [6.07, 6.45) is 0.0229. The molecule has 3 rings (SSSR count). The second kappa shape index (κ2) is 8.84. The van der Waals surface area contributed by atoms with Crippen LogP contribution in [0.3, 0.4) is 0 Å². The molecule has 0 fully saturated rings. The van der Waals surface area contributed by atoms with E-state index in [4.69, 9.17) is 4.74 Å². The normalized spacial score (nSPS) is 16.1. The van der Waals surface area contributed by atoms with Crippen LogP contribution in [0.4, 0.5) is 5.69 Å². The molecule has 0 aromatic heterocycles. The minimum Gasteiger partial charge on any atom is -0.494 e. The van der Waals surface area contributed by atoms with Gasteiger partial charge in [-0.1, -0.05) is 30.3 Å². The molecule has 3 N–H and O–H groups in total. The van der Waals surface area contributed by atoms with Crippen molar-refractivity contribution >= 4 is 23.5 Å². The Kier molecular flexibility index (Phi) is 6.04. The number of aliphatic imine (C=N–C) groups is 1. The summed E-state index contributed by atoms with van der Waals surface area (Å²) in [5, 5.41) is 8.50.